The third kappa shape index (κ3) is 6.68. The van der Waals surface area contributed by atoms with Crippen molar-refractivity contribution in [1.29, 1.82) is 0 Å². The quantitative estimate of drug-likeness (QED) is 0.782. The Morgan fingerprint density at radius 2 is 2.00 bits per heavy atom. The van der Waals surface area contributed by atoms with Crippen LogP contribution in [0.1, 0.15) is 52.4 Å². The summed E-state index contributed by atoms with van der Waals surface area (Å²) in [5.74, 6) is 0.0590. The summed E-state index contributed by atoms with van der Waals surface area (Å²) in [5, 5.41) is 3.27. The minimum atomic E-state index is -4.33. The summed E-state index contributed by atoms with van der Waals surface area (Å²) in [6.45, 7) is 4.41. The maximum Gasteiger partial charge on any atom is 0.406 e. The fourth-order valence-electron chi connectivity index (χ4n) is 2.99. The highest BCUT2D eigenvalue weighted by atomic mass is 19.4. The standard InChI is InChI=1S/C15H27F3N2O/c1-3-13(4-2)20(11-15(16,17)18)14(21)8-7-12-6-5-9-19-10-12/h12-13,19H,3-11H2,1-2H3. The Kier molecular flexibility index (Phi) is 7.49. The van der Waals surface area contributed by atoms with Gasteiger partial charge in [-0.25, -0.2) is 0 Å². The smallest absolute Gasteiger partial charge is 0.331 e. The molecule has 0 aromatic rings. The normalized spacial score (nSPS) is 19.8. The fourth-order valence-corrected chi connectivity index (χ4v) is 2.99. The van der Waals surface area contributed by atoms with Gasteiger partial charge in [0.25, 0.3) is 0 Å². The van der Waals surface area contributed by atoms with Gasteiger partial charge in [0.1, 0.15) is 6.54 Å². The van der Waals surface area contributed by atoms with E-state index in [0.717, 1.165) is 30.8 Å². The van der Waals surface area contributed by atoms with E-state index >= 15 is 0 Å². The van der Waals surface area contributed by atoms with Gasteiger partial charge < -0.3 is 10.2 Å². The topological polar surface area (TPSA) is 32.3 Å². The van der Waals surface area contributed by atoms with Gasteiger partial charge in [0.2, 0.25) is 5.91 Å². The zero-order valence-electron chi connectivity index (χ0n) is 13.0. The molecule has 0 saturated carbocycles. The van der Waals surface area contributed by atoms with Crippen molar-refractivity contribution in [3.05, 3.63) is 0 Å². The van der Waals surface area contributed by atoms with E-state index in [1.54, 1.807) is 0 Å². The van der Waals surface area contributed by atoms with Gasteiger partial charge in [0.15, 0.2) is 0 Å². The number of carbonyl (C=O) groups excluding carboxylic acids is 1. The number of hydrogen-bond donors (Lipinski definition) is 1. The van der Waals surface area contributed by atoms with E-state index < -0.39 is 12.7 Å². The van der Waals surface area contributed by atoms with Crippen LogP contribution in [-0.4, -0.2) is 42.7 Å². The fraction of sp³-hybridized carbons (Fsp3) is 0.933. The molecule has 6 heteroatoms. The van der Waals surface area contributed by atoms with Crippen molar-refractivity contribution in [2.45, 2.75) is 64.6 Å². The molecule has 1 unspecified atom stereocenters. The van der Waals surface area contributed by atoms with Crippen molar-refractivity contribution in [3.63, 3.8) is 0 Å². The van der Waals surface area contributed by atoms with Crippen LogP contribution < -0.4 is 5.32 Å². The second-order valence-corrected chi connectivity index (χ2v) is 5.86. The monoisotopic (exact) mass is 308 g/mol. The minimum Gasteiger partial charge on any atom is -0.331 e. The molecule has 0 spiro atoms. The molecule has 0 radical (unpaired) electrons. The Bertz CT molecular complexity index is 311. The van der Waals surface area contributed by atoms with E-state index in [1.807, 2.05) is 13.8 Å². The summed E-state index contributed by atoms with van der Waals surface area (Å²) < 4.78 is 38.1. The second-order valence-electron chi connectivity index (χ2n) is 5.86. The molecule has 0 aromatic heterocycles. The van der Waals surface area contributed by atoms with Gasteiger partial charge in [-0.1, -0.05) is 13.8 Å². The average Bonchev–Trinajstić information content (AvgIpc) is 2.45. The zero-order chi connectivity index (χ0) is 15.9. The largest absolute Gasteiger partial charge is 0.406 e. The minimum absolute atomic E-state index is 0.221. The number of piperidine rings is 1. The molecular weight excluding hydrogens is 281 g/mol. The van der Waals surface area contributed by atoms with Crippen LogP contribution in [0.3, 0.4) is 0 Å². The van der Waals surface area contributed by atoms with Crippen LogP contribution in [0.2, 0.25) is 0 Å². The third-order valence-electron chi connectivity index (χ3n) is 4.22. The molecule has 1 fully saturated rings. The molecule has 1 N–H and O–H groups in total. The lowest BCUT2D eigenvalue weighted by molar-refractivity contribution is -0.166. The van der Waals surface area contributed by atoms with Crippen LogP contribution in [0.4, 0.5) is 13.2 Å². The number of nitrogens with zero attached hydrogens (tertiary/aromatic N) is 1. The Labute approximate surface area is 125 Å². The predicted molar refractivity (Wildman–Crippen MR) is 77.0 cm³/mol. The average molecular weight is 308 g/mol. The first-order valence-corrected chi connectivity index (χ1v) is 7.94. The van der Waals surface area contributed by atoms with Gasteiger partial charge in [0, 0.05) is 12.5 Å². The number of amides is 1. The van der Waals surface area contributed by atoms with Gasteiger partial charge in [-0.05, 0) is 51.1 Å². The van der Waals surface area contributed by atoms with E-state index in [1.165, 1.54) is 0 Å². The van der Waals surface area contributed by atoms with E-state index in [-0.39, 0.29) is 18.4 Å². The molecule has 1 aliphatic heterocycles. The molecular formula is C15H27F3N2O. The van der Waals surface area contributed by atoms with Crippen molar-refractivity contribution in [2.75, 3.05) is 19.6 Å². The maximum atomic E-state index is 12.7. The molecule has 0 aromatic carbocycles. The van der Waals surface area contributed by atoms with Gasteiger partial charge in [0.05, 0.1) is 0 Å². The predicted octanol–water partition coefficient (Wildman–Crippen LogP) is 3.35. The molecule has 1 saturated heterocycles. The molecule has 124 valence electrons. The van der Waals surface area contributed by atoms with Crippen LogP contribution in [0.15, 0.2) is 0 Å². The van der Waals surface area contributed by atoms with Crippen LogP contribution in [0.25, 0.3) is 0 Å². The maximum absolute atomic E-state index is 12.7. The van der Waals surface area contributed by atoms with Crippen LogP contribution in [0, 0.1) is 5.92 Å². The lowest BCUT2D eigenvalue weighted by Gasteiger charge is -2.32. The summed E-state index contributed by atoms with van der Waals surface area (Å²) in [4.78, 5) is 13.3. The Hall–Kier alpha value is -0.780. The molecule has 3 nitrogen and oxygen atoms in total. The molecule has 0 bridgehead atoms. The van der Waals surface area contributed by atoms with Crippen molar-refractivity contribution in [2.24, 2.45) is 5.92 Å². The Morgan fingerprint density at radius 3 is 2.48 bits per heavy atom. The first-order chi connectivity index (χ1) is 9.87. The SMILES string of the molecule is CCC(CC)N(CC(F)(F)F)C(=O)CCC1CCCNC1. The summed E-state index contributed by atoms with van der Waals surface area (Å²) >= 11 is 0. The lowest BCUT2D eigenvalue weighted by Crippen LogP contribution is -2.45. The summed E-state index contributed by atoms with van der Waals surface area (Å²) in [6, 6.07) is -0.316. The number of rotatable bonds is 7. The molecule has 1 aliphatic rings. The van der Waals surface area contributed by atoms with E-state index in [9.17, 15) is 18.0 Å². The second kappa shape index (κ2) is 8.61. The Balaban J connectivity index is 2.56. The van der Waals surface area contributed by atoms with Crippen LogP contribution >= 0.6 is 0 Å². The van der Waals surface area contributed by atoms with Gasteiger partial charge >= 0.3 is 6.18 Å². The van der Waals surface area contributed by atoms with Gasteiger partial charge in [-0.2, -0.15) is 13.2 Å². The van der Waals surface area contributed by atoms with Crippen molar-refractivity contribution in [3.8, 4) is 0 Å². The lowest BCUT2D eigenvalue weighted by atomic mass is 9.94. The third-order valence-corrected chi connectivity index (χ3v) is 4.22. The summed E-state index contributed by atoms with van der Waals surface area (Å²) in [5.41, 5.74) is 0. The Morgan fingerprint density at radius 1 is 1.33 bits per heavy atom. The van der Waals surface area contributed by atoms with Crippen LogP contribution in [0.5, 0.6) is 0 Å². The van der Waals surface area contributed by atoms with Crippen molar-refractivity contribution < 1.29 is 18.0 Å². The van der Waals surface area contributed by atoms with Crippen molar-refractivity contribution >= 4 is 5.91 Å². The molecule has 1 amide bonds. The number of hydrogen-bond acceptors (Lipinski definition) is 2. The highest BCUT2D eigenvalue weighted by molar-refractivity contribution is 5.76. The number of carbonyl (C=O) groups is 1. The molecule has 1 atom stereocenters. The van der Waals surface area contributed by atoms with E-state index in [0.29, 0.717) is 25.2 Å². The first-order valence-electron chi connectivity index (χ1n) is 7.94. The zero-order valence-corrected chi connectivity index (χ0v) is 13.0. The highest BCUT2D eigenvalue weighted by Gasteiger charge is 2.35. The van der Waals surface area contributed by atoms with Crippen LogP contribution in [-0.2, 0) is 4.79 Å². The number of alkyl halides is 3. The summed E-state index contributed by atoms with van der Waals surface area (Å²) in [7, 11) is 0. The number of halogens is 3. The number of nitrogens with one attached hydrogen (secondary N) is 1. The van der Waals surface area contributed by atoms with E-state index in [4.69, 9.17) is 0 Å². The van der Waals surface area contributed by atoms with E-state index in [2.05, 4.69) is 5.32 Å². The molecule has 1 heterocycles. The first kappa shape index (κ1) is 18.3. The molecule has 0 aliphatic carbocycles. The molecule has 21 heavy (non-hydrogen) atoms. The van der Waals surface area contributed by atoms with Crippen molar-refractivity contribution in [1.82, 2.24) is 10.2 Å². The highest BCUT2D eigenvalue weighted by Crippen LogP contribution is 2.23. The summed E-state index contributed by atoms with van der Waals surface area (Å²) in [6.07, 6.45) is -0.168. The molecule has 1 rings (SSSR count). The van der Waals surface area contributed by atoms with Gasteiger partial charge in [-0.15, -0.1) is 0 Å². The van der Waals surface area contributed by atoms with Gasteiger partial charge in [-0.3, -0.25) is 4.79 Å².